The molecule has 1 unspecified atom stereocenters. The van der Waals surface area contributed by atoms with E-state index in [9.17, 15) is 24.3 Å². The summed E-state index contributed by atoms with van der Waals surface area (Å²) in [5.41, 5.74) is 6.96. The Bertz CT molecular complexity index is 1090. The zero-order chi connectivity index (χ0) is 22.8. The highest BCUT2D eigenvalue weighted by Gasteiger charge is 2.54. The third-order valence-electron chi connectivity index (χ3n) is 4.97. The van der Waals surface area contributed by atoms with E-state index in [-0.39, 0.29) is 16.6 Å². The lowest BCUT2D eigenvalue weighted by Gasteiger charge is -2.49. The standard InChI is InChI=1S/C20H18N4O5S3/c21-12(10-4-2-1-3-5-10)15(25)23-13-17(26)24-14(19(27)28)11(8-31-18(13)24)9-32-20(29)16-22-6-7-30-16/h1-7,12-13,18H,8-9,21H2,(H,23,25)(H,27,28)/t12-,13?,18-/m1/s1. The topological polar surface area (TPSA) is 143 Å². The fraction of sp³-hybridized carbons (Fsp3) is 0.250. The van der Waals surface area contributed by atoms with Crippen LogP contribution in [0, 0.1) is 0 Å². The predicted molar refractivity (Wildman–Crippen MR) is 122 cm³/mol. The fourth-order valence-electron chi connectivity index (χ4n) is 3.39. The van der Waals surface area contributed by atoms with E-state index in [4.69, 9.17) is 5.73 Å². The second kappa shape index (κ2) is 9.45. The molecule has 0 aliphatic carbocycles. The van der Waals surface area contributed by atoms with Gasteiger partial charge in [-0.15, -0.1) is 23.1 Å². The normalized spacial score (nSPS) is 20.9. The Hall–Kier alpha value is -2.67. The number of nitrogens with two attached hydrogens (primary N) is 1. The quantitative estimate of drug-likeness (QED) is 0.492. The number of hydrogen-bond acceptors (Lipinski definition) is 9. The Morgan fingerprint density at radius 3 is 2.72 bits per heavy atom. The molecule has 2 aliphatic rings. The molecule has 1 fully saturated rings. The molecular weight excluding hydrogens is 472 g/mol. The number of nitrogens with zero attached hydrogens (tertiary/aromatic N) is 2. The van der Waals surface area contributed by atoms with Gasteiger partial charge in [-0.05, 0) is 11.1 Å². The fourth-order valence-corrected chi connectivity index (χ4v) is 6.37. The van der Waals surface area contributed by atoms with Gasteiger partial charge in [-0.25, -0.2) is 9.78 Å². The minimum absolute atomic E-state index is 0.129. The molecule has 166 valence electrons. The molecule has 1 aromatic carbocycles. The number of thioether (sulfide) groups is 2. The molecule has 3 atom stereocenters. The van der Waals surface area contributed by atoms with Gasteiger partial charge in [-0.3, -0.25) is 19.3 Å². The average molecular weight is 491 g/mol. The van der Waals surface area contributed by atoms with Crippen LogP contribution in [0.2, 0.25) is 0 Å². The van der Waals surface area contributed by atoms with Gasteiger partial charge in [0, 0.05) is 23.1 Å². The number of carboxylic acids is 1. The molecule has 0 bridgehead atoms. The van der Waals surface area contributed by atoms with E-state index >= 15 is 0 Å². The number of β-lactam (4-membered cyclic amide) rings is 1. The van der Waals surface area contributed by atoms with Gasteiger partial charge >= 0.3 is 5.97 Å². The Morgan fingerprint density at radius 2 is 2.06 bits per heavy atom. The Kier molecular flexibility index (Phi) is 6.65. The van der Waals surface area contributed by atoms with Crippen LogP contribution in [0.15, 0.2) is 53.2 Å². The second-order valence-electron chi connectivity index (χ2n) is 6.96. The molecule has 9 nitrogen and oxygen atoms in total. The maximum Gasteiger partial charge on any atom is 0.352 e. The van der Waals surface area contributed by atoms with Crippen LogP contribution in [0.3, 0.4) is 0 Å². The molecule has 2 aromatic rings. The summed E-state index contributed by atoms with van der Waals surface area (Å²) in [6.45, 7) is 0. The van der Waals surface area contributed by atoms with Crippen molar-refractivity contribution in [3.63, 3.8) is 0 Å². The van der Waals surface area contributed by atoms with Crippen LogP contribution < -0.4 is 11.1 Å². The molecule has 32 heavy (non-hydrogen) atoms. The predicted octanol–water partition coefficient (Wildman–Crippen LogP) is 1.46. The minimum Gasteiger partial charge on any atom is -0.477 e. The maximum atomic E-state index is 12.8. The minimum atomic E-state index is -1.24. The molecule has 1 aromatic heterocycles. The Balaban J connectivity index is 1.44. The summed E-state index contributed by atoms with van der Waals surface area (Å²) in [6.07, 6.45) is 1.53. The number of nitrogens with one attached hydrogen (secondary N) is 1. The summed E-state index contributed by atoms with van der Waals surface area (Å²) >= 11 is 3.51. The Morgan fingerprint density at radius 1 is 1.31 bits per heavy atom. The van der Waals surface area contributed by atoms with Crippen LogP contribution in [0.25, 0.3) is 0 Å². The smallest absolute Gasteiger partial charge is 0.352 e. The van der Waals surface area contributed by atoms with Gasteiger partial charge in [0.15, 0.2) is 5.01 Å². The van der Waals surface area contributed by atoms with Crippen molar-refractivity contribution in [3.8, 4) is 0 Å². The molecule has 0 saturated carbocycles. The first-order valence-electron chi connectivity index (χ1n) is 9.46. The van der Waals surface area contributed by atoms with Gasteiger partial charge in [0.2, 0.25) is 11.0 Å². The van der Waals surface area contributed by atoms with E-state index in [1.165, 1.54) is 34.2 Å². The molecule has 4 rings (SSSR count). The summed E-state index contributed by atoms with van der Waals surface area (Å²) in [4.78, 5) is 54.6. The van der Waals surface area contributed by atoms with Crippen LogP contribution in [0.5, 0.6) is 0 Å². The summed E-state index contributed by atoms with van der Waals surface area (Å²) < 4.78 is 0. The van der Waals surface area contributed by atoms with Crippen LogP contribution >= 0.6 is 34.9 Å². The molecular formula is C20H18N4O5S3. The molecule has 0 radical (unpaired) electrons. The number of carbonyl (C=O) groups excluding carboxylic acids is 3. The molecule has 3 heterocycles. The molecule has 1 saturated heterocycles. The van der Waals surface area contributed by atoms with Crippen LogP contribution in [0.1, 0.15) is 21.4 Å². The second-order valence-corrected chi connectivity index (χ2v) is 9.90. The summed E-state index contributed by atoms with van der Waals surface area (Å²) in [5, 5.41) is 13.6. The number of rotatable bonds is 7. The first kappa shape index (κ1) is 22.5. The van der Waals surface area contributed by atoms with Gasteiger partial charge in [0.05, 0.1) is 0 Å². The lowest BCUT2D eigenvalue weighted by atomic mass is 10.0. The number of carbonyl (C=O) groups is 4. The number of aliphatic carboxylic acids is 1. The number of hydrogen-bond donors (Lipinski definition) is 3. The van der Waals surface area contributed by atoms with E-state index in [0.29, 0.717) is 21.9 Å². The Labute approximate surface area is 195 Å². The number of thiazole rings is 1. The van der Waals surface area contributed by atoms with Crippen LogP contribution in [-0.2, 0) is 14.4 Å². The van der Waals surface area contributed by atoms with Crippen molar-refractivity contribution in [1.29, 1.82) is 0 Å². The molecule has 12 heteroatoms. The number of amides is 2. The highest BCUT2D eigenvalue weighted by atomic mass is 32.2. The monoisotopic (exact) mass is 490 g/mol. The van der Waals surface area contributed by atoms with Crippen molar-refractivity contribution in [1.82, 2.24) is 15.2 Å². The first-order valence-corrected chi connectivity index (χ1v) is 12.4. The average Bonchev–Trinajstić information content (AvgIpc) is 3.35. The molecule has 2 amide bonds. The van der Waals surface area contributed by atoms with Crippen molar-refractivity contribution in [2.24, 2.45) is 5.73 Å². The number of benzene rings is 1. The van der Waals surface area contributed by atoms with Crippen molar-refractivity contribution in [3.05, 3.63) is 63.7 Å². The lowest BCUT2D eigenvalue weighted by Crippen LogP contribution is -2.71. The van der Waals surface area contributed by atoms with Gasteiger partial charge in [0.25, 0.3) is 5.91 Å². The zero-order valence-electron chi connectivity index (χ0n) is 16.5. The highest BCUT2D eigenvalue weighted by molar-refractivity contribution is 8.14. The van der Waals surface area contributed by atoms with Crippen molar-refractivity contribution < 1.29 is 24.3 Å². The van der Waals surface area contributed by atoms with Crippen LogP contribution in [0.4, 0.5) is 0 Å². The third kappa shape index (κ3) is 4.31. The number of carboxylic acid groups (broad SMARTS) is 1. The summed E-state index contributed by atoms with van der Waals surface area (Å²) in [5.74, 6) is -1.80. The van der Waals surface area contributed by atoms with Gasteiger partial charge in [-0.1, -0.05) is 42.1 Å². The summed E-state index contributed by atoms with van der Waals surface area (Å²) in [7, 11) is 0. The first-order chi connectivity index (χ1) is 15.4. The molecule has 2 aliphatic heterocycles. The third-order valence-corrected chi connectivity index (χ3v) is 8.16. The lowest BCUT2D eigenvalue weighted by molar-refractivity contribution is -0.150. The van der Waals surface area contributed by atoms with E-state index in [1.54, 1.807) is 35.7 Å². The van der Waals surface area contributed by atoms with Crippen molar-refractivity contribution in [2.75, 3.05) is 11.5 Å². The highest BCUT2D eigenvalue weighted by Crippen LogP contribution is 2.41. The van der Waals surface area contributed by atoms with E-state index in [2.05, 4.69) is 10.3 Å². The SMILES string of the molecule is N[C@@H](C(=O)NC1C(=O)N2C(C(=O)O)=C(CSC(=O)c3nccs3)CS[C@H]12)c1ccccc1. The molecule has 4 N–H and O–H groups in total. The summed E-state index contributed by atoms with van der Waals surface area (Å²) in [6, 6.07) is 6.97. The van der Waals surface area contributed by atoms with Crippen LogP contribution in [-0.4, -0.2) is 60.8 Å². The van der Waals surface area contributed by atoms with Gasteiger partial charge in [0.1, 0.15) is 23.2 Å². The van der Waals surface area contributed by atoms with Crippen molar-refractivity contribution >= 4 is 57.8 Å². The number of fused-ring (bicyclic) bond motifs is 1. The number of aromatic nitrogens is 1. The van der Waals surface area contributed by atoms with Gasteiger partial charge in [-0.2, -0.15) is 0 Å². The largest absolute Gasteiger partial charge is 0.477 e. The van der Waals surface area contributed by atoms with Crippen molar-refractivity contribution in [2.45, 2.75) is 17.5 Å². The van der Waals surface area contributed by atoms with E-state index in [0.717, 1.165) is 11.8 Å². The maximum absolute atomic E-state index is 12.8. The van der Waals surface area contributed by atoms with E-state index in [1.807, 2.05) is 0 Å². The van der Waals surface area contributed by atoms with E-state index < -0.39 is 35.2 Å². The molecule has 0 spiro atoms. The van der Waals surface area contributed by atoms with Gasteiger partial charge < -0.3 is 16.2 Å². The zero-order valence-corrected chi connectivity index (χ0v) is 18.9.